The number of halogens is 1. The number of hydrogen-bond donors (Lipinski definition) is 4. The molecule has 0 unspecified atom stereocenters. The number of ketones is 1. The van der Waals surface area contributed by atoms with Gasteiger partial charge in [0.2, 0.25) is 5.78 Å². The number of anilines is 3. The molecule has 2 amide bonds. The fourth-order valence-electron chi connectivity index (χ4n) is 6.99. The Labute approximate surface area is 293 Å². The van der Waals surface area contributed by atoms with E-state index >= 15 is 0 Å². The summed E-state index contributed by atoms with van der Waals surface area (Å²) in [7, 11) is 0. The highest BCUT2D eigenvalue weighted by Gasteiger charge is 2.45. The maximum absolute atomic E-state index is 14.7. The minimum absolute atomic E-state index is 0.104. The van der Waals surface area contributed by atoms with Crippen molar-refractivity contribution >= 4 is 46.1 Å². The van der Waals surface area contributed by atoms with Crippen molar-refractivity contribution in [1.29, 1.82) is 0 Å². The second-order valence-electron chi connectivity index (χ2n) is 13.2. The molecular formula is C37H38FN7O4S. The largest absolute Gasteiger partial charge is 0.400 e. The molecule has 2 fully saturated rings. The predicted octanol–water partition coefficient (Wildman–Crippen LogP) is 5.17. The van der Waals surface area contributed by atoms with Gasteiger partial charge in [0, 0.05) is 71.8 Å². The van der Waals surface area contributed by atoms with E-state index in [1.807, 2.05) is 13.0 Å². The standard InChI is InChI=1S/C37H38FN7O4S/c1-21-15-28(34(41-18-21)44-19-37(20-44)10-13-49-14-11-37)35(47)42-26-6-3-23(4-7-26)36(48)45-12-9-24-16-30(32(46)31(43-40)22(2)39)50-33(24)27-8-5-25(38)17-29(27)45/h3-8,15-18,43H,9-14,19-20,39-40H2,1-2H3,(H,42,47)/b31-22-. The molecule has 0 saturated carbocycles. The van der Waals surface area contributed by atoms with Gasteiger partial charge in [-0.15, -0.1) is 11.3 Å². The molecule has 0 radical (unpaired) electrons. The molecule has 2 aromatic heterocycles. The van der Waals surface area contributed by atoms with Gasteiger partial charge < -0.3 is 31.0 Å². The molecule has 6 N–H and O–H groups in total. The maximum Gasteiger partial charge on any atom is 0.259 e. The van der Waals surface area contributed by atoms with E-state index < -0.39 is 5.82 Å². The SMILES string of the molecule is C/C(N)=C(/NN)C(=O)c1cc2c(s1)-c1ccc(F)cc1N(C(=O)c1ccc(NC(=O)c3cc(C)cnc3N3CC4(CCOCC4)C3)cc1)CC2. The summed E-state index contributed by atoms with van der Waals surface area (Å²) >= 11 is 1.25. The zero-order valence-electron chi connectivity index (χ0n) is 27.8. The van der Waals surface area contributed by atoms with Crippen LogP contribution in [0.3, 0.4) is 0 Å². The van der Waals surface area contributed by atoms with Gasteiger partial charge in [0.25, 0.3) is 11.8 Å². The van der Waals surface area contributed by atoms with Crippen LogP contribution in [0.15, 0.2) is 72.2 Å². The zero-order valence-corrected chi connectivity index (χ0v) is 28.7. The normalized spacial score (nSPS) is 16.8. The third-order valence-corrected chi connectivity index (χ3v) is 10.9. The lowest BCUT2D eigenvalue weighted by atomic mass is 9.73. The molecule has 1 spiro atoms. The number of thiophene rings is 1. The Morgan fingerprint density at radius 1 is 1.04 bits per heavy atom. The summed E-state index contributed by atoms with van der Waals surface area (Å²) < 4.78 is 20.2. The number of aryl methyl sites for hydroxylation is 1. The predicted molar refractivity (Wildman–Crippen MR) is 192 cm³/mol. The average molecular weight is 696 g/mol. The molecule has 2 aromatic carbocycles. The van der Waals surface area contributed by atoms with Crippen LogP contribution in [0.25, 0.3) is 10.4 Å². The van der Waals surface area contributed by atoms with E-state index in [4.69, 9.17) is 16.3 Å². The minimum atomic E-state index is -0.488. The highest BCUT2D eigenvalue weighted by molar-refractivity contribution is 7.17. The third kappa shape index (κ3) is 6.23. The monoisotopic (exact) mass is 695 g/mol. The summed E-state index contributed by atoms with van der Waals surface area (Å²) in [6.07, 6.45) is 4.24. The number of rotatable bonds is 7. The second-order valence-corrected chi connectivity index (χ2v) is 14.3. The van der Waals surface area contributed by atoms with E-state index in [1.165, 1.54) is 23.5 Å². The highest BCUT2D eigenvalue weighted by Crippen LogP contribution is 2.44. The summed E-state index contributed by atoms with van der Waals surface area (Å²) in [6, 6.07) is 14.6. The molecule has 258 valence electrons. The van der Waals surface area contributed by atoms with Gasteiger partial charge in [-0.05, 0) is 98.8 Å². The van der Waals surface area contributed by atoms with Crippen LogP contribution < -0.4 is 32.1 Å². The van der Waals surface area contributed by atoms with Gasteiger partial charge in [0.1, 0.15) is 17.3 Å². The number of carbonyl (C=O) groups is 3. The van der Waals surface area contributed by atoms with E-state index in [-0.39, 0.29) is 41.0 Å². The van der Waals surface area contributed by atoms with Gasteiger partial charge in [-0.2, -0.15) is 0 Å². The van der Waals surface area contributed by atoms with Gasteiger partial charge in [-0.3, -0.25) is 20.2 Å². The number of benzene rings is 2. The first-order valence-corrected chi connectivity index (χ1v) is 17.3. The first-order chi connectivity index (χ1) is 24.1. The molecule has 50 heavy (non-hydrogen) atoms. The average Bonchev–Trinajstić information content (AvgIpc) is 3.46. The van der Waals surface area contributed by atoms with Crippen molar-refractivity contribution in [1.82, 2.24) is 10.4 Å². The number of fused-ring (bicyclic) bond motifs is 3. The van der Waals surface area contributed by atoms with Gasteiger partial charge in [-0.1, -0.05) is 0 Å². The smallest absolute Gasteiger partial charge is 0.259 e. The Bertz CT molecular complexity index is 2030. The first kappa shape index (κ1) is 33.4. The zero-order chi connectivity index (χ0) is 35.2. The number of pyridine rings is 1. The summed E-state index contributed by atoms with van der Waals surface area (Å²) in [4.78, 5) is 50.2. The number of hydrogen-bond acceptors (Lipinski definition) is 10. The van der Waals surface area contributed by atoms with Crippen molar-refractivity contribution < 1.29 is 23.5 Å². The van der Waals surface area contributed by atoms with Gasteiger partial charge in [0.15, 0.2) is 0 Å². The van der Waals surface area contributed by atoms with E-state index in [2.05, 4.69) is 20.6 Å². The van der Waals surface area contributed by atoms with Crippen LogP contribution in [0.1, 0.15) is 61.3 Å². The van der Waals surface area contributed by atoms with Gasteiger partial charge in [-0.25, -0.2) is 9.37 Å². The second kappa shape index (κ2) is 13.3. The molecule has 0 atom stereocenters. The van der Waals surface area contributed by atoms with E-state index in [0.29, 0.717) is 45.2 Å². The Kier molecular flexibility index (Phi) is 8.89. The van der Waals surface area contributed by atoms with Crippen LogP contribution in [-0.4, -0.2) is 55.4 Å². The van der Waals surface area contributed by atoms with Crippen LogP contribution >= 0.6 is 11.3 Å². The number of amides is 2. The number of nitrogens with one attached hydrogen (secondary N) is 2. The topological polar surface area (TPSA) is 156 Å². The highest BCUT2D eigenvalue weighted by atomic mass is 32.1. The number of Topliss-reactive ketones (excluding diaryl/α,β-unsaturated/α-hetero) is 1. The number of nitrogens with zero attached hydrogens (tertiary/aromatic N) is 3. The molecule has 13 heteroatoms. The summed E-state index contributed by atoms with van der Waals surface area (Å²) in [5.74, 6) is 4.79. The molecule has 11 nitrogen and oxygen atoms in total. The van der Waals surface area contributed by atoms with Crippen LogP contribution in [0.5, 0.6) is 0 Å². The van der Waals surface area contributed by atoms with E-state index in [0.717, 1.165) is 55.1 Å². The molecule has 3 aliphatic heterocycles. The fourth-order valence-corrected chi connectivity index (χ4v) is 8.18. The van der Waals surface area contributed by atoms with Crippen LogP contribution in [-0.2, 0) is 11.2 Å². The molecule has 0 bridgehead atoms. The Balaban J connectivity index is 1.09. The molecule has 5 heterocycles. The van der Waals surface area contributed by atoms with E-state index in [9.17, 15) is 18.8 Å². The lowest BCUT2D eigenvalue weighted by molar-refractivity contribution is -0.000511. The first-order valence-electron chi connectivity index (χ1n) is 16.5. The Hall–Kier alpha value is -5.11. The van der Waals surface area contributed by atoms with E-state index in [1.54, 1.807) is 54.4 Å². The quantitative estimate of drug-likeness (QED) is 0.0888. The number of nitrogens with two attached hydrogens (primary N) is 2. The summed E-state index contributed by atoms with van der Waals surface area (Å²) in [5.41, 5.74) is 13.0. The molecule has 4 aromatic rings. The van der Waals surface area contributed by atoms with Crippen molar-refractivity contribution in [2.45, 2.75) is 33.1 Å². The van der Waals surface area contributed by atoms with Crippen molar-refractivity contribution in [2.75, 3.05) is 48.0 Å². The van der Waals surface area contributed by atoms with Crippen LogP contribution in [0.4, 0.5) is 21.6 Å². The third-order valence-electron chi connectivity index (χ3n) is 9.69. The summed E-state index contributed by atoms with van der Waals surface area (Å²) in [6.45, 7) is 6.97. The summed E-state index contributed by atoms with van der Waals surface area (Å²) in [5, 5.41) is 2.97. The van der Waals surface area contributed by atoms with Crippen LogP contribution in [0.2, 0.25) is 0 Å². The lowest BCUT2D eigenvalue weighted by Crippen LogP contribution is -2.59. The maximum atomic E-state index is 14.7. The van der Waals surface area contributed by atoms with Gasteiger partial charge in [0.05, 0.1) is 16.1 Å². The van der Waals surface area contributed by atoms with Crippen molar-refractivity contribution in [3.63, 3.8) is 0 Å². The van der Waals surface area contributed by atoms with Gasteiger partial charge >= 0.3 is 0 Å². The Morgan fingerprint density at radius 3 is 2.48 bits per heavy atom. The number of aromatic nitrogens is 1. The van der Waals surface area contributed by atoms with Crippen molar-refractivity contribution in [3.8, 4) is 10.4 Å². The number of allylic oxidation sites excluding steroid dienone is 2. The lowest BCUT2D eigenvalue weighted by Gasteiger charge is -2.53. The Morgan fingerprint density at radius 2 is 1.78 bits per heavy atom. The van der Waals surface area contributed by atoms with Crippen molar-refractivity contribution in [2.24, 2.45) is 17.0 Å². The molecule has 2 saturated heterocycles. The van der Waals surface area contributed by atoms with Crippen LogP contribution in [0, 0.1) is 18.2 Å². The number of carbonyl (C=O) groups excluding carboxylic acids is 3. The molecule has 0 aliphatic carbocycles. The molecule has 7 rings (SSSR count). The molecule has 3 aliphatic rings. The molecular weight excluding hydrogens is 658 g/mol. The van der Waals surface area contributed by atoms with Crippen molar-refractivity contribution in [3.05, 3.63) is 105 Å². The minimum Gasteiger partial charge on any atom is -0.400 e. The number of ether oxygens (including phenoxy) is 1. The number of hydrazine groups is 1. The fraction of sp³-hybridized carbons (Fsp3) is 0.297.